The summed E-state index contributed by atoms with van der Waals surface area (Å²) in [7, 11) is 0. The summed E-state index contributed by atoms with van der Waals surface area (Å²) in [5.41, 5.74) is 1.31. The highest BCUT2D eigenvalue weighted by atomic mass is 16.5. The summed E-state index contributed by atoms with van der Waals surface area (Å²) >= 11 is 0. The average molecular weight is 276 g/mol. The molecule has 0 amide bonds. The zero-order valence-electron chi connectivity index (χ0n) is 12.0. The number of ether oxygens (including phenoxy) is 2. The zero-order valence-corrected chi connectivity index (χ0v) is 12.0. The van der Waals surface area contributed by atoms with Crippen LogP contribution < -0.4 is 10.1 Å². The number of benzene rings is 1. The van der Waals surface area contributed by atoms with Gasteiger partial charge in [-0.15, -0.1) is 0 Å². The van der Waals surface area contributed by atoms with Crippen molar-refractivity contribution >= 4 is 0 Å². The van der Waals surface area contributed by atoms with Gasteiger partial charge in [0.25, 0.3) is 0 Å². The van der Waals surface area contributed by atoms with Crippen LogP contribution in [0, 0.1) is 0 Å². The summed E-state index contributed by atoms with van der Waals surface area (Å²) < 4.78 is 11.2. The molecule has 3 rings (SSSR count). The highest BCUT2D eigenvalue weighted by Crippen LogP contribution is 2.20. The van der Waals surface area contributed by atoms with Gasteiger partial charge in [0.2, 0.25) is 0 Å². The fourth-order valence-corrected chi connectivity index (χ4v) is 2.41. The number of hydrogen-bond donors (Lipinski definition) is 1. The van der Waals surface area contributed by atoms with Crippen LogP contribution in [0.5, 0.6) is 5.75 Å². The van der Waals surface area contributed by atoms with E-state index in [0.717, 1.165) is 57.8 Å². The molecule has 20 heavy (non-hydrogen) atoms. The molecule has 1 aliphatic heterocycles. The molecule has 1 N–H and O–H groups in total. The molecule has 1 heterocycles. The van der Waals surface area contributed by atoms with Gasteiger partial charge < -0.3 is 14.8 Å². The first-order chi connectivity index (χ1) is 9.90. The molecule has 0 atom stereocenters. The third kappa shape index (κ3) is 4.47. The third-order valence-electron chi connectivity index (χ3n) is 3.85. The van der Waals surface area contributed by atoms with Gasteiger partial charge in [0.15, 0.2) is 0 Å². The monoisotopic (exact) mass is 276 g/mol. The molecule has 110 valence electrons. The fraction of sp³-hybridized carbons (Fsp3) is 0.625. The van der Waals surface area contributed by atoms with Gasteiger partial charge in [-0.1, -0.05) is 12.1 Å². The first-order valence-electron chi connectivity index (χ1n) is 7.65. The topological polar surface area (TPSA) is 33.7 Å². The van der Waals surface area contributed by atoms with Crippen LogP contribution in [0.4, 0.5) is 0 Å². The number of nitrogens with zero attached hydrogens (tertiary/aromatic N) is 1. The highest BCUT2D eigenvalue weighted by Gasteiger charge is 2.19. The lowest BCUT2D eigenvalue weighted by molar-refractivity contribution is 0.0322. The molecular formula is C16H24N2O2. The summed E-state index contributed by atoms with van der Waals surface area (Å²) in [6.07, 6.45) is 2.66. The van der Waals surface area contributed by atoms with Crippen LogP contribution in [-0.2, 0) is 11.3 Å². The molecule has 0 unspecified atom stereocenters. The fourth-order valence-electron chi connectivity index (χ4n) is 2.41. The lowest BCUT2D eigenvalue weighted by atomic mass is 10.2. The maximum absolute atomic E-state index is 5.86. The van der Waals surface area contributed by atoms with Crippen LogP contribution in [0.15, 0.2) is 24.3 Å². The van der Waals surface area contributed by atoms with Crippen molar-refractivity contribution in [2.45, 2.75) is 25.4 Å². The second kappa shape index (κ2) is 7.07. The molecule has 0 radical (unpaired) electrons. The van der Waals surface area contributed by atoms with Crippen molar-refractivity contribution in [2.24, 2.45) is 0 Å². The van der Waals surface area contributed by atoms with Gasteiger partial charge in [0.1, 0.15) is 12.4 Å². The van der Waals surface area contributed by atoms with Gasteiger partial charge in [0, 0.05) is 32.2 Å². The molecule has 0 spiro atoms. The lowest BCUT2D eigenvalue weighted by Gasteiger charge is -2.26. The summed E-state index contributed by atoms with van der Waals surface area (Å²) in [5.74, 6) is 0.980. The predicted octanol–water partition coefficient (Wildman–Crippen LogP) is 1.65. The van der Waals surface area contributed by atoms with Crippen LogP contribution in [-0.4, -0.2) is 50.4 Å². The molecule has 1 saturated carbocycles. The Morgan fingerprint density at radius 3 is 2.90 bits per heavy atom. The lowest BCUT2D eigenvalue weighted by Crippen LogP contribution is -2.38. The van der Waals surface area contributed by atoms with Crippen LogP contribution in [0.2, 0.25) is 0 Å². The van der Waals surface area contributed by atoms with E-state index < -0.39 is 0 Å². The second-order valence-corrected chi connectivity index (χ2v) is 5.61. The Kier molecular flexibility index (Phi) is 4.90. The van der Waals surface area contributed by atoms with Crippen molar-refractivity contribution < 1.29 is 9.47 Å². The van der Waals surface area contributed by atoms with Crippen molar-refractivity contribution in [3.63, 3.8) is 0 Å². The van der Waals surface area contributed by atoms with Crippen molar-refractivity contribution in [3.8, 4) is 5.75 Å². The average Bonchev–Trinajstić information content (AvgIpc) is 3.31. The quantitative estimate of drug-likeness (QED) is 0.821. The van der Waals surface area contributed by atoms with Crippen LogP contribution in [0.3, 0.4) is 0 Å². The van der Waals surface area contributed by atoms with E-state index in [4.69, 9.17) is 9.47 Å². The Morgan fingerprint density at radius 2 is 2.10 bits per heavy atom. The number of hydrogen-bond acceptors (Lipinski definition) is 4. The van der Waals surface area contributed by atoms with Crippen molar-refractivity contribution in [3.05, 3.63) is 29.8 Å². The normalized spacial score (nSPS) is 20.0. The minimum absolute atomic E-state index is 0.750. The van der Waals surface area contributed by atoms with Crippen LogP contribution in [0.25, 0.3) is 0 Å². The summed E-state index contributed by atoms with van der Waals surface area (Å²) in [5, 5.41) is 3.53. The van der Waals surface area contributed by atoms with Gasteiger partial charge in [-0.05, 0) is 30.5 Å². The Hall–Kier alpha value is -1.10. The van der Waals surface area contributed by atoms with Crippen molar-refractivity contribution in [1.29, 1.82) is 0 Å². The predicted molar refractivity (Wildman–Crippen MR) is 79.1 cm³/mol. The van der Waals surface area contributed by atoms with Gasteiger partial charge >= 0.3 is 0 Å². The van der Waals surface area contributed by atoms with Crippen LogP contribution in [0.1, 0.15) is 18.4 Å². The van der Waals surface area contributed by atoms with E-state index >= 15 is 0 Å². The van der Waals surface area contributed by atoms with E-state index in [9.17, 15) is 0 Å². The van der Waals surface area contributed by atoms with E-state index in [2.05, 4.69) is 28.4 Å². The maximum atomic E-state index is 5.86. The van der Waals surface area contributed by atoms with E-state index in [0.29, 0.717) is 0 Å². The molecule has 4 heteroatoms. The Labute approximate surface area is 121 Å². The molecule has 2 fully saturated rings. The van der Waals surface area contributed by atoms with Gasteiger partial charge in [0.05, 0.1) is 13.2 Å². The minimum Gasteiger partial charge on any atom is -0.492 e. The Balaban J connectivity index is 1.40. The van der Waals surface area contributed by atoms with Crippen molar-refractivity contribution in [1.82, 2.24) is 10.2 Å². The van der Waals surface area contributed by atoms with E-state index in [1.165, 1.54) is 18.4 Å². The van der Waals surface area contributed by atoms with E-state index in [1.807, 2.05) is 6.07 Å². The Morgan fingerprint density at radius 1 is 1.25 bits per heavy atom. The minimum atomic E-state index is 0.750. The Bertz CT molecular complexity index is 415. The summed E-state index contributed by atoms with van der Waals surface area (Å²) in [6.45, 7) is 6.42. The zero-order chi connectivity index (χ0) is 13.6. The van der Waals surface area contributed by atoms with E-state index in [-0.39, 0.29) is 0 Å². The van der Waals surface area contributed by atoms with E-state index in [1.54, 1.807) is 0 Å². The number of morpholine rings is 1. The summed E-state index contributed by atoms with van der Waals surface area (Å²) in [6, 6.07) is 9.17. The molecule has 2 aliphatic rings. The number of rotatable bonds is 7. The largest absolute Gasteiger partial charge is 0.492 e. The molecular weight excluding hydrogens is 252 g/mol. The molecule has 1 aliphatic carbocycles. The van der Waals surface area contributed by atoms with Gasteiger partial charge in [-0.2, -0.15) is 0 Å². The smallest absolute Gasteiger partial charge is 0.119 e. The standard InChI is InChI=1S/C16H24N2O2/c1-2-14(13-17-15-4-5-15)12-16(3-1)20-11-8-18-6-9-19-10-7-18/h1-3,12,15,17H,4-11,13H2. The summed E-state index contributed by atoms with van der Waals surface area (Å²) in [4.78, 5) is 2.39. The SMILES string of the molecule is c1cc(CNC2CC2)cc(OCCN2CCOCC2)c1. The molecule has 1 saturated heterocycles. The second-order valence-electron chi connectivity index (χ2n) is 5.61. The molecule has 4 nitrogen and oxygen atoms in total. The van der Waals surface area contributed by atoms with Gasteiger partial charge in [-0.25, -0.2) is 0 Å². The first kappa shape index (κ1) is 13.9. The molecule has 0 bridgehead atoms. The van der Waals surface area contributed by atoms with Crippen LogP contribution >= 0.6 is 0 Å². The molecule has 0 aromatic heterocycles. The van der Waals surface area contributed by atoms with Crippen molar-refractivity contribution in [2.75, 3.05) is 39.5 Å². The molecule has 1 aromatic carbocycles. The highest BCUT2D eigenvalue weighted by molar-refractivity contribution is 5.28. The van der Waals surface area contributed by atoms with Gasteiger partial charge in [-0.3, -0.25) is 4.90 Å². The molecule has 1 aromatic rings. The first-order valence-corrected chi connectivity index (χ1v) is 7.65. The third-order valence-corrected chi connectivity index (χ3v) is 3.85. The maximum Gasteiger partial charge on any atom is 0.119 e. The number of nitrogens with one attached hydrogen (secondary N) is 1.